The maximum absolute atomic E-state index is 13.3. The second-order valence-electron chi connectivity index (χ2n) is 12.4. The Morgan fingerprint density at radius 3 is 2.32 bits per heavy atom. The maximum Gasteiger partial charge on any atom is 0.338 e. The number of hydrogen-bond acceptors (Lipinski definition) is 9. The van der Waals surface area contributed by atoms with Crippen LogP contribution in [0.5, 0.6) is 0 Å². The second-order valence-corrected chi connectivity index (χ2v) is 17.2. The third-order valence-electron chi connectivity index (χ3n) is 6.81. The Bertz CT molecular complexity index is 1240. The number of esters is 1. The van der Waals surface area contributed by atoms with Crippen molar-refractivity contribution in [2.75, 3.05) is 12.4 Å². The minimum absolute atomic E-state index is 0.0207. The van der Waals surface area contributed by atoms with Gasteiger partial charge in [0.1, 0.15) is 17.8 Å². The van der Waals surface area contributed by atoms with Crippen molar-refractivity contribution in [3.63, 3.8) is 0 Å². The molecule has 0 bridgehead atoms. The Labute approximate surface area is 223 Å². The van der Waals surface area contributed by atoms with Crippen molar-refractivity contribution in [1.29, 1.82) is 0 Å². The van der Waals surface area contributed by atoms with E-state index in [4.69, 9.17) is 18.6 Å². The van der Waals surface area contributed by atoms with Crippen LogP contribution in [0.3, 0.4) is 0 Å². The normalized spacial score (nSPS) is 22.7. The Morgan fingerprint density at radius 2 is 1.79 bits per heavy atom. The highest BCUT2D eigenvalue weighted by atomic mass is 28.4. The molecule has 1 aliphatic rings. The minimum atomic E-state index is -2.40. The summed E-state index contributed by atoms with van der Waals surface area (Å²) in [4.78, 5) is 49.5. The molecule has 1 fully saturated rings. The lowest BCUT2D eigenvalue weighted by Crippen LogP contribution is -2.51. The number of aromatic amines is 1. The molecular weight excluding hydrogens is 510 g/mol. The molecule has 1 saturated heterocycles. The molecule has 212 valence electrons. The van der Waals surface area contributed by atoms with E-state index in [0.717, 1.165) is 0 Å². The van der Waals surface area contributed by atoms with Crippen LogP contribution in [-0.2, 0) is 28.2 Å². The lowest BCUT2D eigenvalue weighted by Gasteiger charge is -2.40. The van der Waals surface area contributed by atoms with Crippen molar-refractivity contribution in [3.8, 4) is 0 Å². The molecule has 3 rings (SSSR count). The number of nitrogens with zero attached hydrogens (tertiary/aromatic N) is 3. The number of carbonyl (C=O) groups is 2. The topological polar surface area (TPSA) is 147 Å². The van der Waals surface area contributed by atoms with Gasteiger partial charge in [0, 0.05) is 13.0 Å². The molecule has 13 heteroatoms. The Kier molecular flexibility index (Phi) is 8.28. The van der Waals surface area contributed by atoms with E-state index in [9.17, 15) is 14.4 Å². The van der Waals surface area contributed by atoms with E-state index in [0.29, 0.717) is 0 Å². The van der Waals surface area contributed by atoms with Crippen LogP contribution in [-0.4, -0.2) is 70.7 Å². The molecule has 0 radical (unpaired) electrons. The molecule has 0 aromatic carbocycles. The molecule has 0 saturated carbocycles. The van der Waals surface area contributed by atoms with Gasteiger partial charge in [0.25, 0.3) is 5.56 Å². The van der Waals surface area contributed by atoms with E-state index < -0.39 is 50.0 Å². The van der Waals surface area contributed by atoms with Crippen molar-refractivity contribution in [2.24, 2.45) is 5.92 Å². The van der Waals surface area contributed by atoms with Crippen molar-refractivity contribution in [1.82, 2.24) is 19.5 Å². The molecule has 3 heterocycles. The third kappa shape index (κ3) is 6.16. The highest BCUT2D eigenvalue weighted by Crippen LogP contribution is 2.43. The number of hydrogen-bond donors (Lipinski definition) is 2. The zero-order valence-corrected chi connectivity index (χ0v) is 25.2. The van der Waals surface area contributed by atoms with Crippen LogP contribution in [0, 0.1) is 5.92 Å². The standard InChI is InChI=1S/C25H41N5O7Si/c1-13(2)19(31)28-23-27-18-14(20(32)29-23)26-12-30(18)21-16(34-9)15(37-38(10,11)25(6,7)8)17(35-21)22(33)36-24(3,4)5/h12-13,15-17,21H,1-11H3,(H2,27,28,29,31,32)/t15?,16-,17+,21-/m1/s1. The van der Waals surface area contributed by atoms with Crippen LogP contribution >= 0.6 is 0 Å². The highest BCUT2D eigenvalue weighted by molar-refractivity contribution is 6.74. The van der Waals surface area contributed by atoms with Gasteiger partial charge >= 0.3 is 5.97 Å². The molecule has 2 aromatic heterocycles. The third-order valence-corrected chi connectivity index (χ3v) is 11.3. The fourth-order valence-electron chi connectivity index (χ4n) is 3.74. The fourth-order valence-corrected chi connectivity index (χ4v) is 5.03. The number of amides is 1. The van der Waals surface area contributed by atoms with Gasteiger partial charge in [0.15, 0.2) is 31.8 Å². The van der Waals surface area contributed by atoms with Crippen LogP contribution in [0.2, 0.25) is 18.1 Å². The number of rotatable bonds is 7. The molecule has 0 spiro atoms. The molecule has 12 nitrogen and oxygen atoms in total. The van der Waals surface area contributed by atoms with Crippen LogP contribution in [0.1, 0.15) is 61.6 Å². The molecule has 1 unspecified atom stereocenters. The molecule has 38 heavy (non-hydrogen) atoms. The number of ether oxygens (including phenoxy) is 3. The average molecular weight is 552 g/mol. The van der Waals surface area contributed by atoms with Crippen molar-refractivity contribution in [3.05, 3.63) is 16.7 Å². The van der Waals surface area contributed by atoms with Gasteiger partial charge < -0.3 is 18.6 Å². The summed E-state index contributed by atoms with van der Waals surface area (Å²) in [5.74, 6) is -1.23. The number of fused-ring (bicyclic) bond motifs is 1. The van der Waals surface area contributed by atoms with E-state index in [2.05, 4.69) is 54.1 Å². The molecule has 2 N–H and O–H groups in total. The highest BCUT2D eigenvalue weighted by Gasteiger charge is 2.55. The number of methoxy groups -OCH3 is 1. The number of nitrogens with one attached hydrogen (secondary N) is 2. The fraction of sp³-hybridized carbons (Fsp3) is 0.720. The zero-order valence-electron chi connectivity index (χ0n) is 24.2. The summed E-state index contributed by atoms with van der Waals surface area (Å²) in [5, 5.41) is 2.45. The quantitative estimate of drug-likeness (QED) is 0.390. The largest absolute Gasteiger partial charge is 0.458 e. The summed E-state index contributed by atoms with van der Waals surface area (Å²) in [6, 6.07) is 0. The van der Waals surface area contributed by atoms with Crippen molar-refractivity contribution >= 4 is 37.3 Å². The SMILES string of the molecule is CO[C@@H]1C(O[Si](C)(C)C(C)(C)C)[C@@H](C(=O)OC(C)(C)C)O[C@H]1n1cnc2c(=O)[nH]c(NC(=O)C(C)C)nc21. The van der Waals surface area contributed by atoms with Crippen LogP contribution in [0.25, 0.3) is 11.2 Å². The molecule has 1 aliphatic heterocycles. The number of aromatic nitrogens is 4. The van der Waals surface area contributed by atoms with Gasteiger partial charge in [-0.3, -0.25) is 24.5 Å². The van der Waals surface area contributed by atoms with Gasteiger partial charge in [-0.2, -0.15) is 4.98 Å². The predicted molar refractivity (Wildman–Crippen MR) is 144 cm³/mol. The Hall–Kier alpha value is -2.61. The number of anilines is 1. The lowest BCUT2D eigenvalue weighted by molar-refractivity contribution is -0.172. The molecule has 0 aliphatic carbocycles. The first-order chi connectivity index (χ1) is 17.4. The van der Waals surface area contributed by atoms with E-state index >= 15 is 0 Å². The molecule has 1 amide bonds. The number of imidazole rings is 1. The zero-order chi connectivity index (χ0) is 28.8. The van der Waals surface area contributed by atoms with Gasteiger partial charge in [-0.1, -0.05) is 34.6 Å². The van der Waals surface area contributed by atoms with Gasteiger partial charge in [0.05, 0.1) is 6.33 Å². The van der Waals surface area contributed by atoms with Crippen LogP contribution < -0.4 is 10.9 Å². The summed E-state index contributed by atoms with van der Waals surface area (Å²) in [7, 11) is -0.892. The van der Waals surface area contributed by atoms with Crippen molar-refractivity contribution in [2.45, 2.75) is 104 Å². The summed E-state index contributed by atoms with van der Waals surface area (Å²) < 4.78 is 26.0. The summed E-state index contributed by atoms with van der Waals surface area (Å²) in [6.07, 6.45) is -2.16. The van der Waals surface area contributed by atoms with E-state index in [-0.39, 0.29) is 34.0 Å². The van der Waals surface area contributed by atoms with Gasteiger partial charge in [-0.25, -0.2) is 9.78 Å². The number of H-pyrrole nitrogens is 1. The second kappa shape index (κ2) is 10.5. The minimum Gasteiger partial charge on any atom is -0.458 e. The van der Waals surface area contributed by atoms with E-state index in [1.807, 2.05) is 0 Å². The molecular formula is C25H41N5O7Si. The Morgan fingerprint density at radius 1 is 1.16 bits per heavy atom. The van der Waals surface area contributed by atoms with Crippen LogP contribution in [0.4, 0.5) is 5.95 Å². The first kappa shape index (κ1) is 29.9. The monoisotopic (exact) mass is 551 g/mol. The first-order valence-electron chi connectivity index (χ1n) is 12.7. The molecule has 4 atom stereocenters. The summed E-state index contributed by atoms with van der Waals surface area (Å²) in [5.41, 5.74) is -1.07. The summed E-state index contributed by atoms with van der Waals surface area (Å²) >= 11 is 0. The maximum atomic E-state index is 13.3. The van der Waals surface area contributed by atoms with Gasteiger partial charge in [0.2, 0.25) is 11.9 Å². The number of carbonyl (C=O) groups excluding carboxylic acids is 2. The van der Waals surface area contributed by atoms with Gasteiger partial charge in [-0.05, 0) is 38.9 Å². The van der Waals surface area contributed by atoms with E-state index in [1.54, 1.807) is 34.6 Å². The van der Waals surface area contributed by atoms with E-state index in [1.165, 1.54) is 18.0 Å². The van der Waals surface area contributed by atoms with Crippen LogP contribution in [0.15, 0.2) is 11.1 Å². The molecule has 2 aromatic rings. The summed E-state index contributed by atoms with van der Waals surface area (Å²) in [6.45, 7) is 19.3. The lowest BCUT2D eigenvalue weighted by atomic mass is 10.1. The Balaban J connectivity index is 2.09. The smallest absolute Gasteiger partial charge is 0.338 e. The van der Waals surface area contributed by atoms with Gasteiger partial charge in [-0.15, -0.1) is 0 Å². The predicted octanol–water partition coefficient (Wildman–Crippen LogP) is 3.36. The average Bonchev–Trinajstić information content (AvgIpc) is 3.32. The first-order valence-corrected chi connectivity index (χ1v) is 15.6. The van der Waals surface area contributed by atoms with Crippen molar-refractivity contribution < 1.29 is 28.2 Å².